The molecule has 90 valence electrons. The molecule has 0 fully saturated rings. The molecule has 1 aromatic heterocycles. The van der Waals surface area contributed by atoms with Crippen molar-refractivity contribution in [3.8, 4) is 0 Å². The highest BCUT2D eigenvalue weighted by atomic mass is 19.4. The fourth-order valence-electron chi connectivity index (χ4n) is 1.32. The molecule has 0 spiro atoms. The molecular weight excluding hydrogens is 233 g/mol. The van der Waals surface area contributed by atoms with Gasteiger partial charge in [0.15, 0.2) is 0 Å². The minimum atomic E-state index is -3.67. The van der Waals surface area contributed by atoms with E-state index in [-0.39, 0.29) is 0 Å². The Morgan fingerprint density at radius 2 is 1.76 bits per heavy atom. The lowest BCUT2D eigenvalue weighted by molar-refractivity contribution is 0.00819. The topological polar surface area (TPSA) is 56.0 Å². The largest absolute Gasteiger partial charge is 0.379 e. The minimum absolute atomic E-state index is 0.332. The molecule has 1 aromatic carbocycles. The number of hydrogen-bond donors (Lipinski definition) is 1. The molecule has 0 atom stereocenters. The molecule has 0 saturated heterocycles. The minimum Gasteiger partial charge on any atom is -0.364 e. The van der Waals surface area contributed by atoms with E-state index >= 15 is 0 Å². The first-order chi connectivity index (χ1) is 8.02. The Labute approximate surface area is 95.1 Å². The average molecular weight is 242 g/mol. The van der Waals surface area contributed by atoms with Crippen LogP contribution in [0.25, 0.3) is 10.8 Å². The summed E-state index contributed by atoms with van der Waals surface area (Å²) in [5.74, 6) is -0.489. The van der Waals surface area contributed by atoms with Crippen molar-refractivity contribution < 1.29 is 18.0 Å². The number of halogens is 3. The van der Waals surface area contributed by atoms with E-state index in [0.717, 1.165) is 10.8 Å². The zero-order valence-corrected chi connectivity index (χ0v) is 8.61. The van der Waals surface area contributed by atoms with E-state index < -0.39 is 12.6 Å². The van der Waals surface area contributed by atoms with Crippen LogP contribution in [0, 0.1) is 0 Å². The number of benzene rings is 1. The zero-order valence-electron chi connectivity index (χ0n) is 8.61. The summed E-state index contributed by atoms with van der Waals surface area (Å²) in [6, 6.07) is 9.37. The summed E-state index contributed by atoms with van der Waals surface area (Å²) >= 11 is 0. The Morgan fingerprint density at radius 3 is 2.35 bits per heavy atom. The first-order valence-electron chi connectivity index (χ1n) is 4.58. The van der Waals surface area contributed by atoms with Gasteiger partial charge in [-0.25, -0.2) is 0 Å². The highest BCUT2D eigenvalue weighted by molar-refractivity contribution is 6.04. The van der Waals surface area contributed by atoms with Gasteiger partial charge in [0.25, 0.3) is 5.91 Å². The van der Waals surface area contributed by atoms with Crippen molar-refractivity contribution >= 4 is 16.7 Å². The van der Waals surface area contributed by atoms with Gasteiger partial charge in [-0.2, -0.15) is 13.2 Å². The van der Waals surface area contributed by atoms with E-state index in [1.807, 2.05) is 30.3 Å². The molecule has 1 amide bonds. The number of nitrogens with zero attached hydrogens (tertiary/aromatic N) is 1. The van der Waals surface area contributed by atoms with Crippen LogP contribution in [0.4, 0.5) is 13.2 Å². The number of nitrogens with two attached hydrogens (primary N) is 1. The number of carbonyl (C=O) groups is 1. The van der Waals surface area contributed by atoms with Gasteiger partial charge in [0.1, 0.15) is 5.69 Å². The molecule has 0 aliphatic rings. The molecular formula is C11H9F3N2O. The maximum atomic E-state index is 11.0. The molecule has 17 heavy (non-hydrogen) atoms. The predicted molar refractivity (Wildman–Crippen MR) is 57.4 cm³/mol. The number of alkyl halides is 3. The Morgan fingerprint density at radius 1 is 1.18 bits per heavy atom. The molecule has 0 radical (unpaired) electrons. The number of hydrogen-bond acceptors (Lipinski definition) is 2. The van der Waals surface area contributed by atoms with E-state index in [1.165, 1.54) is 0 Å². The third-order valence-electron chi connectivity index (χ3n) is 1.91. The van der Waals surface area contributed by atoms with Crippen LogP contribution in [-0.2, 0) is 0 Å². The SMILES string of the molecule is FC(F)F.NC(=O)c1nccc2ccccc12. The molecule has 1 heterocycles. The van der Waals surface area contributed by atoms with Crippen LogP contribution in [0.3, 0.4) is 0 Å². The van der Waals surface area contributed by atoms with Crippen LogP contribution in [0.15, 0.2) is 36.5 Å². The van der Waals surface area contributed by atoms with Gasteiger partial charge in [-0.1, -0.05) is 24.3 Å². The Bertz CT molecular complexity index is 509. The van der Waals surface area contributed by atoms with Crippen LogP contribution >= 0.6 is 0 Å². The monoisotopic (exact) mass is 242 g/mol. The molecule has 0 bridgehead atoms. The Balaban J connectivity index is 0.000000317. The van der Waals surface area contributed by atoms with E-state index in [2.05, 4.69) is 4.98 Å². The van der Waals surface area contributed by atoms with Gasteiger partial charge in [-0.15, -0.1) is 0 Å². The third kappa shape index (κ3) is 3.75. The number of aromatic nitrogens is 1. The summed E-state index contributed by atoms with van der Waals surface area (Å²) < 4.78 is 29.0. The van der Waals surface area contributed by atoms with E-state index in [9.17, 15) is 18.0 Å². The van der Waals surface area contributed by atoms with E-state index in [1.54, 1.807) is 6.20 Å². The van der Waals surface area contributed by atoms with E-state index in [4.69, 9.17) is 5.73 Å². The predicted octanol–water partition coefficient (Wildman–Crippen LogP) is 2.51. The molecule has 0 saturated carbocycles. The summed E-state index contributed by atoms with van der Waals surface area (Å²) in [5.41, 5.74) is 5.51. The van der Waals surface area contributed by atoms with Gasteiger partial charge >= 0.3 is 6.68 Å². The van der Waals surface area contributed by atoms with Gasteiger partial charge in [-0.3, -0.25) is 9.78 Å². The first kappa shape index (κ1) is 13.0. The van der Waals surface area contributed by atoms with Gasteiger partial charge in [-0.05, 0) is 11.5 Å². The second-order valence-electron chi connectivity index (χ2n) is 2.99. The number of primary amides is 1. The number of rotatable bonds is 1. The molecule has 0 unspecified atom stereocenters. The zero-order chi connectivity index (χ0) is 12.8. The second-order valence-corrected chi connectivity index (χ2v) is 2.99. The van der Waals surface area contributed by atoms with Crippen LogP contribution in [0.1, 0.15) is 10.5 Å². The van der Waals surface area contributed by atoms with Crippen molar-refractivity contribution in [3.05, 3.63) is 42.2 Å². The fraction of sp³-hybridized carbons (Fsp3) is 0.0909. The summed E-state index contributed by atoms with van der Waals surface area (Å²) in [6.07, 6.45) is 1.59. The van der Waals surface area contributed by atoms with Crippen LogP contribution in [0.2, 0.25) is 0 Å². The third-order valence-corrected chi connectivity index (χ3v) is 1.91. The summed E-state index contributed by atoms with van der Waals surface area (Å²) in [7, 11) is 0. The van der Waals surface area contributed by atoms with Gasteiger partial charge < -0.3 is 5.73 Å². The van der Waals surface area contributed by atoms with Gasteiger partial charge in [0, 0.05) is 11.6 Å². The van der Waals surface area contributed by atoms with Crippen LogP contribution in [0.5, 0.6) is 0 Å². The highest BCUT2D eigenvalue weighted by Gasteiger charge is 2.05. The quantitative estimate of drug-likeness (QED) is 0.835. The molecule has 3 nitrogen and oxygen atoms in total. The Kier molecular flexibility index (Phi) is 4.45. The summed E-state index contributed by atoms with van der Waals surface area (Å²) in [5, 5.41) is 1.78. The fourth-order valence-corrected chi connectivity index (χ4v) is 1.32. The Hall–Kier alpha value is -2.11. The molecule has 6 heteroatoms. The second kappa shape index (κ2) is 5.83. The van der Waals surface area contributed by atoms with Crippen molar-refractivity contribution in [1.29, 1.82) is 0 Å². The van der Waals surface area contributed by atoms with Gasteiger partial charge in [0.2, 0.25) is 0 Å². The van der Waals surface area contributed by atoms with Crippen LogP contribution in [-0.4, -0.2) is 17.6 Å². The lowest BCUT2D eigenvalue weighted by Gasteiger charge is -2.00. The van der Waals surface area contributed by atoms with Gasteiger partial charge in [0.05, 0.1) is 0 Å². The molecule has 2 rings (SSSR count). The standard InChI is InChI=1S/C10H8N2O.CHF3/c11-10(13)9-8-4-2-1-3-7(8)5-6-12-9;2-1(3)4/h1-6H,(H2,11,13);1H. The number of amides is 1. The van der Waals surface area contributed by atoms with E-state index in [0.29, 0.717) is 5.69 Å². The smallest absolute Gasteiger partial charge is 0.364 e. The lowest BCUT2D eigenvalue weighted by Crippen LogP contribution is -2.13. The normalized spacial score (nSPS) is 9.88. The number of pyridine rings is 1. The maximum Gasteiger partial charge on any atom is 0.379 e. The van der Waals surface area contributed by atoms with Crippen molar-refractivity contribution in [2.45, 2.75) is 6.68 Å². The summed E-state index contributed by atoms with van der Waals surface area (Å²) in [4.78, 5) is 14.9. The summed E-state index contributed by atoms with van der Waals surface area (Å²) in [6.45, 7) is -3.67. The average Bonchev–Trinajstić information content (AvgIpc) is 2.27. The molecule has 2 N–H and O–H groups in total. The first-order valence-corrected chi connectivity index (χ1v) is 4.58. The van der Waals surface area contributed by atoms with Crippen molar-refractivity contribution in [1.82, 2.24) is 4.98 Å². The molecule has 0 aliphatic carbocycles. The lowest BCUT2D eigenvalue weighted by atomic mass is 10.1. The molecule has 2 aromatic rings. The molecule has 0 aliphatic heterocycles. The maximum absolute atomic E-state index is 11.0. The van der Waals surface area contributed by atoms with Crippen molar-refractivity contribution in [3.63, 3.8) is 0 Å². The number of carbonyl (C=O) groups excluding carboxylic acids is 1. The highest BCUT2D eigenvalue weighted by Crippen LogP contribution is 2.15. The van der Waals surface area contributed by atoms with Crippen molar-refractivity contribution in [2.75, 3.05) is 0 Å². The van der Waals surface area contributed by atoms with Crippen molar-refractivity contribution in [2.24, 2.45) is 5.73 Å². The number of fused-ring (bicyclic) bond motifs is 1. The van der Waals surface area contributed by atoms with Crippen LogP contribution < -0.4 is 5.73 Å².